The van der Waals surface area contributed by atoms with E-state index >= 15 is 0 Å². The molecule has 0 rings (SSSR count). The molecule has 0 heterocycles. The highest BCUT2D eigenvalue weighted by molar-refractivity contribution is 7.47. The van der Waals surface area contributed by atoms with Crippen LogP contribution < -0.4 is 5.32 Å². The SMILES string of the molecule is CC/C=C\C/C=C\C/C=C\C/C=C\C/C=C\C/C=C\CCCCCCCCC(=O)NC(COP(=O)(O)OCC[N+](C)(C)C)C(O)/C=C/CCCCCCCCCCCCCCCCCC. The summed E-state index contributed by atoms with van der Waals surface area (Å²) in [6.07, 6.45) is 65.2. The van der Waals surface area contributed by atoms with Gasteiger partial charge in [-0.3, -0.25) is 13.8 Å². The van der Waals surface area contributed by atoms with E-state index in [1.807, 2.05) is 27.2 Å². The largest absolute Gasteiger partial charge is 0.472 e. The van der Waals surface area contributed by atoms with E-state index in [1.54, 1.807) is 6.08 Å². The van der Waals surface area contributed by atoms with Gasteiger partial charge < -0.3 is 19.8 Å². The minimum absolute atomic E-state index is 0.0541. The highest BCUT2D eigenvalue weighted by Gasteiger charge is 2.27. The third-order valence-electron chi connectivity index (χ3n) is 11.4. The first-order valence-corrected chi connectivity index (χ1v) is 28.0. The Morgan fingerprint density at radius 2 is 0.923 bits per heavy atom. The second-order valence-electron chi connectivity index (χ2n) is 18.9. The smallest absolute Gasteiger partial charge is 0.387 e. The standard InChI is InChI=1S/C56H101N2O6P/c1-6-8-10-12-14-16-18-20-22-24-26-27-28-29-30-31-32-34-36-38-40-42-44-46-48-50-56(60)57-54(53-64-65(61,62)63-52-51-58(3,4)5)55(59)49-47-45-43-41-39-37-35-33-25-23-21-19-17-15-13-11-9-7-2/h8,10,14,16,20,22,26-27,29-30,32,34,47,49,54-55,59H,6-7,9,11-13,15,17-19,21,23-25,28,31,33,35-46,48,50-53H2,1-5H3,(H-,57,60,61,62)/p+1/b10-8-,16-14-,22-20-,27-26-,30-29-,34-32-,49-47+. The van der Waals surface area contributed by atoms with E-state index in [1.165, 1.54) is 103 Å². The van der Waals surface area contributed by atoms with Crippen LogP contribution in [0.25, 0.3) is 0 Å². The van der Waals surface area contributed by atoms with Crippen LogP contribution in [-0.2, 0) is 18.4 Å². The molecule has 0 saturated heterocycles. The van der Waals surface area contributed by atoms with Crippen molar-refractivity contribution in [2.45, 2.75) is 225 Å². The van der Waals surface area contributed by atoms with Crippen LogP contribution in [0.4, 0.5) is 0 Å². The van der Waals surface area contributed by atoms with Crippen LogP contribution in [0, 0.1) is 0 Å². The summed E-state index contributed by atoms with van der Waals surface area (Å²) in [6, 6.07) is -0.860. The van der Waals surface area contributed by atoms with Gasteiger partial charge in [0.2, 0.25) is 5.91 Å². The van der Waals surface area contributed by atoms with Gasteiger partial charge in [0.05, 0.1) is 39.9 Å². The van der Waals surface area contributed by atoms with Gasteiger partial charge in [-0.2, -0.15) is 0 Å². The summed E-state index contributed by atoms with van der Waals surface area (Å²) < 4.78 is 23.7. The summed E-state index contributed by atoms with van der Waals surface area (Å²) in [6.45, 7) is 4.69. The minimum Gasteiger partial charge on any atom is -0.387 e. The number of likely N-dealkylation sites (N-methyl/N-ethyl adjacent to an activating group) is 1. The van der Waals surface area contributed by atoms with Crippen LogP contribution in [0.1, 0.15) is 213 Å². The maximum absolute atomic E-state index is 12.9. The number of carbonyl (C=O) groups is 1. The zero-order chi connectivity index (χ0) is 47.8. The average molecular weight is 930 g/mol. The van der Waals surface area contributed by atoms with Gasteiger partial charge in [0.1, 0.15) is 13.2 Å². The molecule has 8 nitrogen and oxygen atoms in total. The van der Waals surface area contributed by atoms with E-state index < -0.39 is 20.0 Å². The number of quaternary nitrogens is 1. The summed E-state index contributed by atoms with van der Waals surface area (Å²) in [4.78, 5) is 23.2. The Morgan fingerprint density at radius 3 is 1.35 bits per heavy atom. The molecule has 376 valence electrons. The number of unbranched alkanes of at least 4 members (excludes halogenated alkanes) is 22. The highest BCUT2D eigenvalue weighted by atomic mass is 31.2. The van der Waals surface area contributed by atoms with Gasteiger partial charge >= 0.3 is 7.82 Å². The Kier molecular flexibility index (Phi) is 45.1. The molecule has 0 saturated carbocycles. The molecule has 9 heteroatoms. The minimum atomic E-state index is -4.35. The molecule has 3 unspecified atom stereocenters. The van der Waals surface area contributed by atoms with Crippen molar-refractivity contribution in [1.29, 1.82) is 0 Å². The topological polar surface area (TPSA) is 105 Å². The molecule has 0 fully saturated rings. The van der Waals surface area contributed by atoms with Gasteiger partial charge in [0.25, 0.3) is 0 Å². The first-order chi connectivity index (χ1) is 31.5. The summed E-state index contributed by atoms with van der Waals surface area (Å²) in [5, 5.41) is 13.9. The quantitative estimate of drug-likeness (QED) is 0.0243. The summed E-state index contributed by atoms with van der Waals surface area (Å²) in [5.74, 6) is -0.194. The zero-order valence-electron chi connectivity index (χ0n) is 42.7. The van der Waals surface area contributed by atoms with Crippen molar-refractivity contribution in [3.8, 4) is 0 Å². The van der Waals surface area contributed by atoms with Crippen molar-refractivity contribution in [3.63, 3.8) is 0 Å². The predicted molar refractivity (Wildman–Crippen MR) is 281 cm³/mol. The molecule has 3 N–H and O–H groups in total. The molecule has 0 aromatic carbocycles. The third kappa shape index (κ3) is 49.4. The Bertz CT molecular complexity index is 1330. The Morgan fingerprint density at radius 1 is 0.538 bits per heavy atom. The number of amides is 1. The van der Waals surface area contributed by atoms with Crippen LogP contribution in [-0.4, -0.2) is 73.4 Å². The second-order valence-corrected chi connectivity index (χ2v) is 20.3. The number of phosphoric ester groups is 1. The monoisotopic (exact) mass is 930 g/mol. The number of phosphoric acid groups is 1. The first kappa shape index (κ1) is 62.7. The molecule has 3 atom stereocenters. The molecular formula is C56H102N2O6P+. The number of nitrogens with zero attached hydrogens (tertiary/aromatic N) is 1. The predicted octanol–water partition coefficient (Wildman–Crippen LogP) is 15.7. The van der Waals surface area contributed by atoms with Gasteiger partial charge in [0, 0.05) is 6.42 Å². The molecule has 0 radical (unpaired) electrons. The lowest BCUT2D eigenvalue weighted by Gasteiger charge is -2.25. The number of nitrogens with one attached hydrogen (secondary N) is 1. The van der Waals surface area contributed by atoms with Crippen molar-refractivity contribution in [2.75, 3.05) is 40.9 Å². The van der Waals surface area contributed by atoms with E-state index in [2.05, 4.69) is 92.1 Å². The van der Waals surface area contributed by atoms with Crippen molar-refractivity contribution < 1.29 is 32.9 Å². The number of hydrogen-bond acceptors (Lipinski definition) is 5. The maximum Gasteiger partial charge on any atom is 0.472 e. The molecule has 0 aromatic heterocycles. The molecule has 0 aliphatic rings. The number of aliphatic hydroxyl groups excluding tert-OH is 1. The fourth-order valence-electron chi connectivity index (χ4n) is 7.22. The number of carbonyl (C=O) groups excluding carboxylic acids is 1. The van der Waals surface area contributed by atoms with Crippen molar-refractivity contribution in [1.82, 2.24) is 5.32 Å². The number of rotatable bonds is 47. The number of allylic oxidation sites excluding steroid dienone is 13. The second kappa shape index (κ2) is 46.8. The lowest BCUT2D eigenvalue weighted by Crippen LogP contribution is -2.45. The van der Waals surface area contributed by atoms with Gasteiger partial charge in [-0.25, -0.2) is 4.57 Å². The fourth-order valence-corrected chi connectivity index (χ4v) is 7.96. The van der Waals surface area contributed by atoms with Crippen LogP contribution >= 0.6 is 7.82 Å². The van der Waals surface area contributed by atoms with Gasteiger partial charge in [-0.15, -0.1) is 0 Å². The molecule has 65 heavy (non-hydrogen) atoms. The van der Waals surface area contributed by atoms with Crippen LogP contribution in [0.5, 0.6) is 0 Å². The van der Waals surface area contributed by atoms with E-state index in [9.17, 15) is 19.4 Å². The Balaban J connectivity index is 4.35. The highest BCUT2D eigenvalue weighted by Crippen LogP contribution is 2.43. The lowest BCUT2D eigenvalue weighted by molar-refractivity contribution is -0.870. The van der Waals surface area contributed by atoms with E-state index in [-0.39, 0.29) is 19.1 Å². The molecular weight excluding hydrogens is 828 g/mol. The molecule has 0 aromatic rings. The molecule has 0 aliphatic heterocycles. The summed E-state index contributed by atoms with van der Waals surface area (Å²) in [5.41, 5.74) is 0. The van der Waals surface area contributed by atoms with Gasteiger partial charge in [-0.1, -0.05) is 221 Å². The molecule has 0 bridgehead atoms. The lowest BCUT2D eigenvalue weighted by atomic mass is 10.0. The van der Waals surface area contributed by atoms with Gasteiger partial charge in [-0.05, 0) is 70.6 Å². The third-order valence-corrected chi connectivity index (χ3v) is 12.4. The van der Waals surface area contributed by atoms with Crippen LogP contribution in [0.3, 0.4) is 0 Å². The fraction of sp³-hybridized carbons (Fsp3) is 0.732. The number of aliphatic hydroxyl groups is 1. The van der Waals surface area contributed by atoms with Gasteiger partial charge in [0.15, 0.2) is 0 Å². The number of hydrogen-bond donors (Lipinski definition) is 3. The molecule has 1 amide bonds. The normalized spacial score (nSPS) is 14.8. The summed E-state index contributed by atoms with van der Waals surface area (Å²) >= 11 is 0. The zero-order valence-corrected chi connectivity index (χ0v) is 43.6. The summed E-state index contributed by atoms with van der Waals surface area (Å²) in [7, 11) is 1.55. The van der Waals surface area contributed by atoms with Crippen molar-refractivity contribution in [3.05, 3.63) is 85.1 Å². The Labute approximate surface area is 401 Å². The molecule has 0 aliphatic carbocycles. The van der Waals surface area contributed by atoms with Crippen LogP contribution in [0.2, 0.25) is 0 Å². The van der Waals surface area contributed by atoms with E-state index in [4.69, 9.17) is 9.05 Å². The van der Waals surface area contributed by atoms with Crippen molar-refractivity contribution >= 4 is 13.7 Å². The van der Waals surface area contributed by atoms with Crippen molar-refractivity contribution in [2.24, 2.45) is 0 Å². The van der Waals surface area contributed by atoms with E-state index in [0.717, 1.165) is 89.9 Å². The maximum atomic E-state index is 12.9. The van der Waals surface area contributed by atoms with E-state index in [0.29, 0.717) is 17.4 Å². The Hall–Kier alpha value is -2.32. The molecule has 0 spiro atoms. The average Bonchev–Trinajstić information content (AvgIpc) is 3.26. The first-order valence-electron chi connectivity index (χ1n) is 26.5. The van der Waals surface area contributed by atoms with Crippen LogP contribution in [0.15, 0.2) is 85.1 Å².